The number of aliphatic hydroxyl groups is 1. The number of carbonyl (C=O) groups is 1. The Hall–Kier alpha value is -2.78. The molecule has 0 spiro atoms. The van der Waals surface area contributed by atoms with E-state index in [2.05, 4.69) is 4.90 Å². The van der Waals surface area contributed by atoms with Crippen molar-refractivity contribution in [2.75, 3.05) is 27.2 Å². The first-order chi connectivity index (χ1) is 19.5. The van der Waals surface area contributed by atoms with Crippen LogP contribution in [-0.2, 0) is 29.2 Å². The molecule has 0 aromatic heterocycles. The number of hydrogen-bond donors (Lipinski definition) is 2. The van der Waals surface area contributed by atoms with E-state index in [4.69, 9.17) is 4.74 Å². The van der Waals surface area contributed by atoms with Gasteiger partial charge in [-0.1, -0.05) is 18.2 Å². The third-order valence-electron chi connectivity index (χ3n) is 10.4. The monoisotopic (exact) mass is 572 g/mol. The summed E-state index contributed by atoms with van der Waals surface area (Å²) in [6, 6.07) is 8.47. The Bertz CT molecular complexity index is 1310. The molecule has 4 aliphatic rings. The number of aromatic hydroxyl groups is 1. The summed E-state index contributed by atoms with van der Waals surface area (Å²) in [7, 11) is 3.35. The van der Waals surface area contributed by atoms with Crippen LogP contribution in [0.25, 0.3) is 0 Å². The van der Waals surface area contributed by atoms with E-state index in [9.17, 15) is 28.2 Å². The molecule has 3 aliphatic carbocycles. The first-order valence-electron chi connectivity index (χ1n) is 14.7. The van der Waals surface area contributed by atoms with Gasteiger partial charge in [-0.15, -0.1) is 0 Å². The molecule has 222 valence electrons. The molecular formula is C32H39F3N2O4. The lowest BCUT2D eigenvalue weighted by Gasteiger charge is -2.65. The number of aryl methyl sites for hydroxylation is 1. The van der Waals surface area contributed by atoms with E-state index in [1.807, 2.05) is 6.07 Å². The van der Waals surface area contributed by atoms with Gasteiger partial charge in [0.05, 0.1) is 18.3 Å². The number of phenolic OH excluding ortho intramolecular Hbond substituents is 1. The number of fused-ring (bicyclic) bond motifs is 1. The van der Waals surface area contributed by atoms with Crippen LogP contribution in [0, 0.1) is 5.92 Å². The summed E-state index contributed by atoms with van der Waals surface area (Å²) >= 11 is 0. The van der Waals surface area contributed by atoms with Crippen molar-refractivity contribution in [3.63, 3.8) is 0 Å². The molecule has 6 nitrogen and oxygen atoms in total. The lowest BCUT2D eigenvalue weighted by atomic mass is 9.48. The van der Waals surface area contributed by atoms with Crippen molar-refractivity contribution in [2.24, 2.45) is 5.92 Å². The predicted octanol–water partition coefficient (Wildman–Crippen LogP) is 5.07. The van der Waals surface area contributed by atoms with Gasteiger partial charge in [0.2, 0.25) is 5.91 Å². The maximum absolute atomic E-state index is 13.4. The van der Waals surface area contributed by atoms with Crippen molar-refractivity contribution >= 4 is 5.91 Å². The van der Waals surface area contributed by atoms with Crippen molar-refractivity contribution in [2.45, 2.75) is 87.1 Å². The summed E-state index contributed by atoms with van der Waals surface area (Å²) in [6.45, 7) is 1.85. The fourth-order valence-corrected chi connectivity index (χ4v) is 8.04. The highest BCUT2D eigenvalue weighted by atomic mass is 19.4. The Morgan fingerprint density at radius 1 is 1.12 bits per heavy atom. The number of nitrogens with zero attached hydrogens (tertiary/aromatic N) is 2. The summed E-state index contributed by atoms with van der Waals surface area (Å²) in [5, 5.41) is 23.4. The first-order valence-corrected chi connectivity index (χ1v) is 14.7. The van der Waals surface area contributed by atoms with Crippen molar-refractivity contribution < 1.29 is 32.9 Å². The average Bonchev–Trinajstić information content (AvgIpc) is 3.76. The molecular weight excluding hydrogens is 533 g/mol. The van der Waals surface area contributed by atoms with Gasteiger partial charge in [-0.25, -0.2) is 0 Å². The number of hydrogen-bond acceptors (Lipinski definition) is 5. The third kappa shape index (κ3) is 4.79. The Labute approximate surface area is 239 Å². The van der Waals surface area contributed by atoms with Gasteiger partial charge in [0.1, 0.15) is 0 Å². The van der Waals surface area contributed by atoms with Crippen molar-refractivity contribution in [1.29, 1.82) is 0 Å². The minimum atomic E-state index is -4.39. The lowest BCUT2D eigenvalue weighted by molar-refractivity contribution is -0.178. The zero-order valence-corrected chi connectivity index (χ0v) is 23.7. The number of carbonyl (C=O) groups excluding carboxylic acids is 1. The number of ether oxygens (including phenoxy) is 1. The van der Waals surface area contributed by atoms with Gasteiger partial charge in [0.15, 0.2) is 11.5 Å². The molecule has 1 saturated heterocycles. The number of likely N-dealkylation sites (tertiary alicyclic amines) is 1. The van der Waals surface area contributed by atoms with Crippen LogP contribution in [0.15, 0.2) is 36.4 Å². The van der Waals surface area contributed by atoms with E-state index in [0.717, 1.165) is 36.3 Å². The molecule has 3 fully saturated rings. The molecule has 9 heteroatoms. The predicted molar refractivity (Wildman–Crippen MR) is 148 cm³/mol. The molecule has 2 N–H and O–H groups in total. The molecule has 1 unspecified atom stereocenters. The second-order valence-corrected chi connectivity index (χ2v) is 12.7. The molecule has 2 bridgehead atoms. The molecule has 41 heavy (non-hydrogen) atoms. The highest BCUT2D eigenvalue weighted by Crippen LogP contribution is 2.62. The summed E-state index contributed by atoms with van der Waals surface area (Å²) in [6.07, 6.45) is 1.81. The fourth-order valence-electron chi connectivity index (χ4n) is 8.04. The topological polar surface area (TPSA) is 73.2 Å². The second-order valence-electron chi connectivity index (χ2n) is 12.7. The second kappa shape index (κ2) is 10.2. The van der Waals surface area contributed by atoms with E-state index in [0.29, 0.717) is 55.8 Å². The molecule has 1 heterocycles. The molecule has 0 radical (unpaired) electrons. The minimum absolute atomic E-state index is 0.0276. The van der Waals surface area contributed by atoms with Gasteiger partial charge >= 0.3 is 6.18 Å². The average molecular weight is 573 g/mol. The summed E-state index contributed by atoms with van der Waals surface area (Å²) in [5.74, 6) is 1.11. The molecule has 1 amide bonds. The maximum Gasteiger partial charge on any atom is 0.416 e. The number of halogens is 3. The summed E-state index contributed by atoms with van der Waals surface area (Å²) < 4.78 is 44.5. The van der Waals surface area contributed by atoms with Gasteiger partial charge in [-0.2, -0.15) is 13.2 Å². The van der Waals surface area contributed by atoms with Crippen LogP contribution in [0.1, 0.15) is 67.2 Å². The van der Waals surface area contributed by atoms with E-state index in [-0.39, 0.29) is 30.2 Å². The maximum atomic E-state index is 13.4. The number of methoxy groups -OCH3 is 1. The van der Waals surface area contributed by atoms with E-state index in [1.165, 1.54) is 25.0 Å². The number of phenols is 1. The quantitative estimate of drug-likeness (QED) is 0.485. The number of amides is 1. The largest absolute Gasteiger partial charge is 0.504 e. The van der Waals surface area contributed by atoms with Crippen molar-refractivity contribution in [3.05, 3.63) is 58.7 Å². The standard InChI is InChI=1S/C32H39F3N2O4/c1-36(27(39)12-7-20-5-9-23(10-6-20)32(33,34)35)24-13-14-31(40)26-17-22-8-11-25(38)29(41-2)28(22)30(31,18-24)15-16-37(26)19-21-3-4-21/h5-6,8-11,21,24,26,38,40H,3-4,7,12-19H2,1-2H3/t24?,26-,30-,31-/m1/s1. The van der Waals surface area contributed by atoms with E-state index >= 15 is 0 Å². The van der Waals surface area contributed by atoms with E-state index < -0.39 is 22.8 Å². The third-order valence-corrected chi connectivity index (χ3v) is 10.4. The zero-order chi connectivity index (χ0) is 29.2. The lowest BCUT2D eigenvalue weighted by Crippen LogP contribution is -2.74. The normalized spacial score (nSPS) is 29.4. The molecule has 4 atom stereocenters. The first kappa shape index (κ1) is 28.3. The van der Waals surface area contributed by atoms with Crippen LogP contribution in [0.3, 0.4) is 0 Å². The number of rotatable bonds is 7. The Morgan fingerprint density at radius 3 is 2.51 bits per heavy atom. The van der Waals surface area contributed by atoms with Gasteiger partial charge < -0.3 is 19.8 Å². The molecule has 2 saturated carbocycles. The van der Waals surface area contributed by atoms with Gasteiger partial charge in [0, 0.05) is 43.1 Å². The highest BCUT2D eigenvalue weighted by Gasteiger charge is 2.66. The zero-order valence-electron chi connectivity index (χ0n) is 23.7. The molecule has 1 aliphatic heterocycles. The van der Waals surface area contributed by atoms with Crippen LogP contribution >= 0.6 is 0 Å². The molecule has 6 rings (SSSR count). The fraction of sp³-hybridized carbons (Fsp3) is 0.594. The van der Waals surface area contributed by atoms with Crippen LogP contribution in [-0.4, -0.2) is 70.9 Å². The highest BCUT2D eigenvalue weighted by molar-refractivity contribution is 5.76. The molecule has 2 aromatic carbocycles. The van der Waals surface area contributed by atoms with Crippen LogP contribution in [0.5, 0.6) is 11.5 Å². The minimum Gasteiger partial charge on any atom is -0.504 e. The van der Waals surface area contributed by atoms with Crippen LogP contribution < -0.4 is 4.74 Å². The van der Waals surface area contributed by atoms with Crippen LogP contribution in [0.4, 0.5) is 13.2 Å². The van der Waals surface area contributed by atoms with E-state index in [1.54, 1.807) is 25.1 Å². The summed E-state index contributed by atoms with van der Waals surface area (Å²) in [5.41, 5.74) is 0.291. The number of alkyl halides is 3. The van der Waals surface area contributed by atoms with Crippen molar-refractivity contribution in [1.82, 2.24) is 9.80 Å². The Morgan fingerprint density at radius 2 is 1.85 bits per heavy atom. The van der Waals surface area contributed by atoms with Gasteiger partial charge in [0.25, 0.3) is 0 Å². The SMILES string of the molecule is COc1c(O)ccc2c1[C@]13CCN(CC4CC4)[C@H](C2)[C@]1(O)CCC(N(C)C(=O)CCc1ccc(C(F)(F)F)cc1)C3. The van der Waals surface area contributed by atoms with Gasteiger partial charge in [-0.05, 0) is 93.2 Å². The van der Waals surface area contributed by atoms with Crippen molar-refractivity contribution in [3.8, 4) is 11.5 Å². The Kier molecular flexibility index (Phi) is 7.05. The smallest absolute Gasteiger partial charge is 0.416 e. The number of piperidine rings is 1. The number of benzene rings is 2. The van der Waals surface area contributed by atoms with Crippen LogP contribution in [0.2, 0.25) is 0 Å². The van der Waals surface area contributed by atoms with Gasteiger partial charge in [-0.3, -0.25) is 9.69 Å². The Balaban J connectivity index is 1.25. The molecule has 2 aromatic rings. The summed E-state index contributed by atoms with van der Waals surface area (Å²) in [4.78, 5) is 17.6.